The number of carbonyl (C=O) groups is 1. The molecule has 4 nitrogen and oxygen atoms in total. The first-order chi connectivity index (χ1) is 7.36. The van der Waals surface area contributed by atoms with Crippen molar-refractivity contribution in [3.05, 3.63) is 0 Å². The van der Waals surface area contributed by atoms with Gasteiger partial charge < -0.3 is 16.0 Å². The Bertz CT molecular complexity index is 214. The number of hydrogen-bond acceptors (Lipinski definition) is 3. The van der Waals surface area contributed by atoms with E-state index in [4.69, 9.17) is 0 Å². The second-order valence-electron chi connectivity index (χ2n) is 4.53. The van der Waals surface area contributed by atoms with Crippen LogP contribution in [0, 0.1) is 0 Å². The van der Waals surface area contributed by atoms with E-state index in [9.17, 15) is 4.79 Å². The monoisotopic (exact) mass is 211 g/mol. The lowest BCUT2D eigenvalue weighted by atomic mass is 10.0. The molecule has 0 bridgehead atoms. The van der Waals surface area contributed by atoms with Crippen LogP contribution >= 0.6 is 0 Å². The Balaban J connectivity index is 1.82. The van der Waals surface area contributed by atoms with E-state index in [1.807, 2.05) is 0 Å². The highest BCUT2D eigenvalue weighted by Gasteiger charge is 2.24. The van der Waals surface area contributed by atoms with E-state index in [1.165, 1.54) is 0 Å². The fourth-order valence-corrected chi connectivity index (χ4v) is 2.37. The molecule has 2 aliphatic rings. The summed E-state index contributed by atoms with van der Waals surface area (Å²) in [4.78, 5) is 11.7. The largest absolute Gasteiger partial charge is 0.355 e. The Kier molecular flexibility index (Phi) is 3.97. The van der Waals surface area contributed by atoms with Crippen LogP contribution < -0.4 is 16.0 Å². The SMILES string of the molecule is O=C1NCCCC[C@H]1NC1CCNCC1. The first kappa shape index (κ1) is 10.9. The standard InChI is InChI=1S/C11H21N3O/c15-11-10(3-1-2-6-13-11)14-9-4-7-12-8-5-9/h9-10,12,14H,1-8H2,(H,13,15)/t10-/m1/s1. The second kappa shape index (κ2) is 5.47. The van der Waals surface area contributed by atoms with Crippen LogP contribution in [0.2, 0.25) is 0 Å². The number of amides is 1. The van der Waals surface area contributed by atoms with Crippen LogP contribution in [-0.4, -0.2) is 37.6 Å². The van der Waals surface area contributed by atoms with Crippen LogP contribution in [0.25, 0.3) is 0 Å². The lowest BCUT2D eigenvalue weighted by molar-refractivity contribution is -0.123. The van der Waals surface area contributed by atoms with Gasteiger partial charge >= 0.3 is 0 Å². The quantitative estimate of drug-likeness (QED) is 0.602. The first-order valence-electron chi connectivity index (χ1n) is 6.11. The predicted molar refractivity (Wildman–Crippen MR) is 59.7 cm³/mol. The number of carbonyl (C=O) groups excluding carboxylic acids is 1. The highest BCUT2D eigenvalue weighted by atomic mass is 16.2. The average molecular weight is 211 g/mol. The van der Waals surface area contributed by atoms with E-state index in [0.29, 0.717) is 6.04 Å². The van der Waals surface area contributed by atoms with Crippen molar-refractivity contribution in [2.45, 2.75) is 44.2 Å². The third-order valence-electron chi connectivity index (χ3n) is 3.31. The van der Waals surface area contributed by atoms with Gasteiger partial charge in [0, 0.05) is 12.6 Å². The molecule has 2 fully saturated rings. The van der Waals surface area contributed by atoms with Crippen molar-refractivity contribution in [2.24, 2.45) is 0 Å². The van der Waals surface area contributed by atoms with E-state index in [1.54, 1.807) is 0 Å². The molecule has 0 spiro atoms. The van der Waals surface area contributed by atoms with Crippen LogP contribution in [0.3, 0.4) is 0 Å². The lowest BCUT2D eigenvalue weighted by Crippen LogP contribution is -2.50. The van der Waals surface area contributed by atoms with Crippen LogP contribution in [-0.2, 0) is 4.79 Å². The molecule has 86 valence electrons. The zero-order valence-electron chi connectivity index (χ0n) is 9.22. The summed E-state index contributed by atoms with van der Waals surface area (Å²) in [6, 6.07) is 0.579. The number of rotatable bonds is 2. The molecule has 15 heavy (non-hydrogen) atoms. The zero-order valence-corrected chi connectivity index (χ0v) is 9.22. The van der Waals surface area contributed by atoms with E-state index in [2.05, 4.69) is 16.0 Å². The van der Waals surface area contributed by atoms with Gasteiger partial charge in [-0.3, -0.25) is 4.79 Å². The lowest BCUT2D eigenvalue weighted by Gasteiger charge is -2.27. The molecule has 2 rings (SSSR count). The Morgan fingerprint density at radius 2 is 1.87 bits per heavy atom. The molecule has 3 N–H and O–H groups in total. The van der Waals surface area contributed by atoms with Crippen LogP contribution in [0.1, 0.15) is 32.1 Å². The van der Waals surface area contributed by atoms with Gasteiger partial charge in [0.25, 0.3) is 0 Å². The van der Waals surface area contributed by atoms with Crippen molar-refractivity contribution in [3.8, 4) is 0 Å². The molecular weight excluding hydrogens is 190 g/mol. The van der Waals surface area contributed by atoms with Crippen LogP contribution in [0.15, 0.2) is 0 Å². The molecular formula is C11H21N3O. The fourth-order valence-electron chi connectivity index (χ4n) is 2.37. The molecule has 2 heterocycles. The summed E-state index contributed by atoms with van der Waals surface area (Å²) in [5, 5.41) is 9.80. The van der Waals surface area contributed by atoms with Gasteiger partial charge in [0.15, 0.2) is 0 Å². The normalized spacial score (nSPS) is 29.6. The number of piperidine rings is 1. The summed E-state index contributed by atoms with van der Waals surface area (Å²) in [5.41, 5.74) is 0. The minimum atomic E-state index is 0.0515. The summed E-state index contributed by atoms with van der Waals surface area (Å²) >= 11 is 0. The van der Waals surface area contributed by atoms with Crippen molar-refractivity contribution in [3.63, 3.8) is 0 Å². The maximum absolute atomic E-state index is 11.7. The van der Waals surface area contributed by atoms with Gasteiger partial charge in [0.2, 0.25) is 5.91 Å². The van der Waals surface area contributed by atoms with Crippen molar-refractivity contribution in [1.29, 1.82) is 0 Å². The fraction of sp³-hybridized carbons (Fsp3) is 0.909. The third kappa shape index (κ3) is 3.18. The van der Waals surface area contributed by atoms with Crippen molar-refractivity contribution < 1.29 is 4.79 Å². The molecule has 0 saturated carbocycles. The second-order valence-corrected chi connectivity index (χ2v) is 4.53. The van der Waals surface area contributed by atoms with Gasteiger partial charge in [-0.25, -0.2) is 0 Å². The predicted octanol–water partition coefficient (Wildman–Crippen LogP) is -0.00330. The third-order valence-corrected chi connectivity index (χ3v) is 3.31. The number of nitrogens with one attached hydrogen (secondary N) is 3. The van der Waals surface area contributed by atoms with Gasteiger partial charge in [-0.1, -0.05) is 0 Å². The molecule has 0 aromatic heterocycles. The molecule has 0 aliphatic carbocycles. The molecule has 1 amide bonds. The van der Waals surface area contributed by atoms with E-state index < -0.39 is 0 Å². The minimum Gasteiger partial charge on any atom is -0.355 e. The van der Waals surface area contributed by atoms with Crippen molar-refractivity contribution in [2.75, 3.05) is 19.6 Å². The van der Waals surface area contributed by atoms with Gasteiger partial charge in [0.05, 0.1) is 6.04 Å². The van der Waals surface area contributed by atoms with E-state index in [0.717, 1.165) is 51.7 Å². The summed E-state index contributed by atoms with van der Waals surface area (Å²) in [7, 11) is 0. The highest BCUT2D eigenvalue weighted by Crippen LogP contribution is 2.09. The van der Waals surface area contributed by atoms with Gasteiger partial charge in [0.1, 0.15) is 0 Å². The average Bonchev–Trinajstić information content (AvgIpc) is 2.46. The zero-order chi connectivity index (χ0) is 10.5. The smallest absolute Gasteiger partial charge is 0.237 e. The van der Waals surface area contributed by atoms with Gasteiger partial charge in [-0.2, -0.15) is 0 Å². The molecule has 2 aliphatic heterocycles. The highest BCUT2D eigenvalue weighted by molar-refractivity contribution is 5.81. The molecule has 0 aromatic carbocycles. The molecule has 0 radical (unpaired) electrons. The Morgan fingerprint density at radius 1 is 1.07 bits per heavy atom. The van der Waals surface area contributed by atoms with Crippen molar-refractivity contribution in [1.82, 2.24) is 16.0 Å². The maximum atomic E-state index is 11.7. The van der Waals surface area contributed by atoms with Gasteiger partial charge in [-0.15, -0.1) is 0 Å². The molecule has 0 unspecified atom stereocenters. The van der Waals surface area contributed by atoms with E-state index >= 15 is 0 Å². The molecule has 1 atom stereocenters. The molecule has 0 aromatic rings. The minimum absolute atomic E-state index is 0.0515. The van der Waals surface area contributed by atoms with Crippen LogP contribution in [0.5, 0.6) is 0 Å². The maximum Gasteiger partial charge on any atom is 0.237 e. The summed E-state index contributed by atoms with van der Waals surface area (Å²) in [6.45, 7) is 3.00. The number of hydrogen-bond donors (Lipinski definition) is 3. The van der Waals surface area contributed by atoms with Crippen molar-refractivity contribution >= 4 is 5.91 Å². The topological polar surface area (TPSA) is 53.2 Å². The summed E-state index contributed by atoms with van der Waals surface area (Å²) in [5.74, 6) is 0.200. The molecule has 4 heteroatoms. The Labute approximate surface area is 91.2 Å². The Hall–Kier alpha value is -0.610. The summed E-state index contributed by atoms with van der Waals surface area (Å²) in [6.07, 6.45) is 5.56. The van der Waals surface area contributed by atoms with E-state index in [-0.39, 0.29) is 11.9 Å². The van der Waals surface area contributed by atoms with Gasteiger partial charge in [-0.05, 0) is 45.2 Å². The Morgan fingerprint density at radius 3 is 2.67 bits per heavy atom. The summed E-state index contributed by atoms with van der Waals surface area (Å²) < 4.78 is 0. The van der Waals surface area contributed by atoms with Crippen LogP contribution in [0.4, 0.5) is 0 Å². The first-order valence-corrected chi connectivity index (χ1v) is 6.11. The molecule has 2 saturated heterocycles.